The monoisotopic (exact) mass is 1180 g/mol. The second-order valence-electron chi connectivity index (χ2n) is 22.9. The highest BCUT2D eigenvalue weighted by molar-refractivity contribution is 5.77. The maximum atomic E-state index is 13.3. The summed E-state index contributed by atoms with van der Waals surface area (Å²) in [6.45, 7) is 2.11. The van der Waals surface area contributed by atoms with Gasteiger partial charge >= 0.3 is 5.97 Å². The van der Waals surface area contributed by atoms with Gasteiger partial charge in [-0.2, -0.15) is 0 Å². The van der Waals surface area contributed by atoms with E-state index in [4.69, 9.17) is 28.4 Å². The third-order valence-electron chi connectivity index (χ3n) is 16.0. The fraction of sp³-hybridized carbons (Fsp3) is 0.915. The fourth-order valence-electron chi connectivity index (χ4n) is 10.9. The molecule has 3 aliphatic heterocycles. The van der Waals surface area contributed by atoms with Gasteiger partial charge in [0.05, 0.1) is 50.7 Å². The number of aliphatic hydroxyl groups is 11. The van der Waals surface area contributed by atoms with E-state index in [2.05, 4.69) is 24.5 Å². The van der Waals surface area contributed by atoms with Gasteiger partial charge in [0.1, 0.15) is 67.1 Å². The van der Waals surface area contributed by atoms with E-state index < -0.39 is 155 Å². The SMILES string of the molecule is CCCCCCCCCCCCC/C=C/[C@@H](O)[C@H](CO[C@@H]1O[C@H](CO)[C@@H](O[C@@H]2O[C@H](CO)[C@H](O[C@]3(C(=O)O)C[C@H](O)[C@@H](NC(C)=O)[C@H]([C@H](O)[C@H](O)CO)O3)[C@H](O)[C@H]2O)[C@H](O)[C@H]1O)NC(=O)CCCCCCCCCCCCCCCCC. The molecule has 23 heteroatoms. The average molecular weight is 1180 g/mol. The first kappa shape index (κ1) is 73.7. The number of hydrogen-bond acceptors (Lipinski definition) is 20. The number of nitrogens with one attached hydrogen (secondary N) is 2. The Bertz CT molecular complexity index is 1730. The number of aliphatic carboxylic acids is 1. The molecule has 23 nitrogen and oxygen atoms in total. The summed E-state index contributed by atoms with van der Waals surface area (Å²) >= 11 is 0. The predicted octanol–water partition coefficient (Wildman–Crippen LogP) is 3.17. The Morgan fingerprint density at radius 2 is 1.10 bits per heavy atom. The molecule has 0 aromatic heterocycles. The van der Waals surface area contributed by atoms with Crippen LogP contribution in [0.25, 0.3) is 0 Å². The summed E-state index contributed by atoms with van der Waals surface area (Å²) in [5.74, 6) is -6.04. The summed E-state index contributed by atoms with van der Waals surface area (Å²) in [6.07, 6.45) is 6.09. The summed E-state index contributed by atoms with van der Waals surface area (Å²) in [7, 11) is 0. The van der Waals surface area contributed by atoms with Gasteiger partial charge in [0, 0.05) is 19.8 Å². The Hall–Kier alpha value is -2.53. The van der Waals surface area contributed by atoms with Crippen molar-refractivity contribution in [3.8, 4) is 0 Å². The minimum Gasteiger partial charge on any atom is -0.477 e. The molecular formula is C59H108N2O21. The molecule has 0 saturated carbocycles. The van der Waals surface area contributed by atoms with Gasteiger partial charge in [-0.3, -0.25) is 9.59 Å². The molecule has 3 aliphatic rings. The van der Waals surface area contributed by atoms with Crippen LogP contribution in [-0.2, 0) is 42.8 Å². The number of hydrogen-bond donors (Lipinski definition) is 14. The van der Waals surface area contributed by atoms with Gasteiger partial charge in [0.25, 0.3) is 5.79 Å². The minimum absolute atomic E-state index is 0.212. The molecular weight excluding hydrogens is 1070 g/mol. The molecule has 3 saturated heterocycles. The first-order valence-electron chi connectivity index (χ1n) is 31.1. The summed E-state index contributed by atoms with van der Waals surface area (Å²) in [4.78, 5) is 38.2. The lowest BCUT2D eigenvalue weighted by molar-refractivity contribution is -0.385. The van der Waals surface area contributed by atoms with Crippen LogP contribution in [0.15, 0.2) is 12.2 Å². The van der Waals surface area contributed by atoms with Crippen LogP contribution < -0.4 is 10.6 Å². The Labute approximate surface area is 486 Å². The van der Waals surface area contributed by atoms with Crippen molar-refractivity contribution in [3.63, 3.8) is 0 Å². The van der Waals surface area contributed by atoms with E-state index in [9.17, 15) is 75.7 Å². The van der Waals surface area contributed by atoms with Crippen molar-refractivity contribution >= 4 is 17.8 Å². The van der Waals surface area contributed by atoms with E-state index in [-0.39, 0.29) is 12.3 Å². The molecule has 2 amide bonds. The van der Waals surface area contributed by atoms with E-state index in [1.54, 1.807) is 6.08 Å². The fourth-order valence-corrected chi connectivity index (χ4v) is 10.9. The predicted molar refractivity (Wildman–Crippen MR) is 301 cm³/mol. The van der Waals surface area contributed by atoms with E-state index >= 15 is 0 Å². The van der Waals surface area contributed by atoms with Gasteiger partial charge in [-0.25, -0.2) is 4.79 Å². The zero-order valence-corrected chi connectivity index (χ0v) is 49.3. The lowest BCUT2D eigenvalue weighted by Gasteiger charge is -2.50. The Balaban J connectivity index is 1.63. The zero-order valence-electron chi connectivity index (χ0n) is 49.3. The molecule has 0 bridgehead atoms. The van der Waals surface area contributed by atoms with E-state index in [0.29, 0.717) is 12.8 Å². The number of amides is 2. The molecule has 0 unspecified atom stereocenters. The molecule has 14 N–H and O–H groups in total. The molecule has 480 valence electrons. The van der Waals surface area contributed by atoms with Gasteiger partial charge < -0.3 is 100 Å². The molecule has 3 heterocycles. The van der Waals surface area contributed by atoms with Crippen LogP contribution in [0.1, 0.15) is 207 Å². The van der Waals surface area contributed by atoms with Gasteiger partial charge in [0.2, 0.25) is 11.8 Å². The number of rotatable bonds is 45. The maximum Gasteiger partial charge on any atom is 0.364 e. The quantitative estimate of drug-likeness (QED) is 0.0307. The first-order valence-corrected chi connectivity index (χ1v) is 31.1. The van der Waals surface area contributed by atoms with Crippen molar-refractivity contribution in [3.05, 3.63) is 12.2 Å². The summed E-state index contributed by atoms with van der Waals surface area (Å²) in [6, 6.07) is -2.57. The highest BCUT2D eigenvalue weighted by Gasteiger charge is 2.60. The Morgan fingerprint density at radius 1 is 0.634 bits per heavy atom. The van der Waals surface area contributed by atoms with Crippen LogP contribution in [-0.4, -0.2) is 215 Å². The first-order chi connectivity index (χ1) is 39.4. The van der Waals surface area contributed by atoms with Crippen molar-refractivity contribution in [1.82, 2.24) is 10.6 Å². The maximum absolute atomic E-state index is 13.3. The topological polar surface area (TPSA) is 373 Å². The molecule has 3 rings (SSSR count). The van der Waals surface area contributed by atoms with Crippen molar-refractivity contribution in [1.29, 1.82) is 0 Å². The van der Waals surface area contributed by atoms with Gasteiger partial charge in [-0.1, -0.05) is 180 Å². The van der Waals surface area contributed by atoms with Crippen molar-refractivity contribution in [2.45, 2.75) is 317 Å². The molecule has 18 atom stereocenters. The van der Waals surface area contributed by atoms with Crippen LogP contribution in [0, 0.1) is 0 Å². The largest absolute Gasteiger partial charge is 0.477 e. The van der Waals surface area contributed by atoms with Crippen LogP contribution in [0.3, 0.4) is 0 Å². The summed E-state index contributed by atoms with van der Waals surface area (Å²) < 4.78 is 34.6. The number of carbonyl (C=O) groups is 3. The standard InChI is InChI=1S/C59H108N2O21/c1-4-6-8-10-12-14-16-18-19-21-23-25-27-29-31-33-46(69)61-40(41(66)32-30-28-26-24-22-20-17-15-13-11-9-7-5-2)38-77-56-51(73)49(71)53(44(36-63)78-56)80-57-52(74)50(72)54(45(37-64)79-57)81-59(58(75)76)34-42(67)47(60-39(3)65)55(82-59)48(70)43(68)35-62/h30,32,40-45,47-57,62-64,66-68,70-74H,4-29,31,33-38H2,1-3H3,(H,60,65)(H,61,69)(H,75,76)/b32-30+/t40-,41+,42-,43+,44+,45+,47+,48+,49+,50+,51+,52+,53+,54-,55+,56+,57-,59+/m0/s1. The average Bonchev–Trinajstić information content (AvgIpc) is 3.64. The molecule has 0 aromatic carbocycles. The van der Waals surface area contributed by atoms with Gasteiger partial charge in [-0.15, -0.1) is 0 Å². The summed E-state index contributed by atoms with van der Waals surface area (Å²) in [5, 5.41) is 135. The number of ether oxygens (including phenoxy) is 6. The number of carboxylic acid groups (broad SMARTS) is 1. The molecule has 3 fully saturated rings. The molecule has 82 heavy (non-hydrogen) atoms. The van der Waals surface area contributed by atoms with Gasteiger partial charge in [0.15, 0.2) is 12.6 Å². The lowest BCUT2D eigenvalue weighted by Crippen LogP contribution is -2.70. The lowest BCUT2D eigenvalue weighted by atomic mass is 9.88. The highest BCUT2D eigenvalue weighted by atomic mass is 16.8. The number of aliphatic hydroxyl groups excluding tert-OH is 11. The third kappa shape index (κ3) is 25.4. The Kier molecular flexibility index (Phi) is 37.4. The second-order valence-corrected chi connectivity index (χ2v) is 22.9. The van der Waals surface area contributed by atoms with Crippen molar-refractivity contribution in [2.24, 2.45) is 0 Å². The van der Waals surface area contributed by atoms with Crippen LogP contribution >= 0.6 is 0 Å². The number of allylic oxidation sites excluding steroid dienone is 1. The molecule has 0 spiro atoms. The molecule has 0 radical (unpaired) electrons. The van der Waals surface area contributed by atoms with Crippen molar-refractivity contribution < 1.29 is 104 Å². The van der Waals surface area contributed by atoms with Crippen LogP contribution in [0.2, 0.25) is 0 Å². The minimum atomic E-state index is -3.02. The molecule has 0 aromatic rings. The highest BCUT2D eigenvalue weighted by Crippen LogP contribution is 2.38. The summed E-state index contributed by atoms with van der Waals surface area (Å²) in [5.41, 5.74) is 0. The number of carboxylic acids is 1. The Morgan fingerprint density at radius 3 is 1.59 bits per heavy atom. The smallest absolute Gasteiger partial charge is 0.364 e. The third-order valence-corrected chi connectivity index (χ3v) is 16.0. The van der Waals surface area contributed by atoms with E-state index in [1.165, 1.54) is 116 Å². The number of carbonyl (C=O) groups excluding carboxylic acids is 2. The van der Waals surface area contributed by atoms with Crippen LogP contribution in [0.5, 0.6) is 0 Å². The zero-order chi connectivity index (χ0) is 60.5. The van der Waals surface area contributed by atoms with E-state index in [0.717, 1.165) is 51.9 Å². The van der Waals surface area contributed by atoms with Crippen LogP contribution in [0.4, 0.5) is 0 Å². The number of unbranched alkanes of at least 4 members (excludes halogenated alkanes) is 25. The normalized spacial score (nSPS) is 30.2. The van der Waals surface area contributed by atoms with E-state index in [1.807, 2.05) is 6.08 Å². The van der Waals surface area contributed by atoms with Gasteiger partial charge in [-0.05, 0) is 19.3 Å². The second kappa shape index (κ2) is 41.5. The van der Waals surface area contributed by atoms with Crippen molar-refractivity contribution in [2.75, 3.05) is 26.4 Å². The molecule has 0 aliphatic carbocycles.